The van der Waals surface area contributed by atoms with Crippen molar-refractivity contribution in [1.29, 1.82) is 5.26 Å². The van der Waals surface area contributed by atoms with Crippen molar-refractivity contribution in [3.8, 4) is 6.07 Å². The monoisotopic (exact) mass is 316 g/mol. The smallest absolute Gasteiger partial charge is 0.325 e. The van der Waals surface area contributed by atoms with Crippen molar-refractivity contribution in [3.63, 3.8) is 0 Å². The van der Waals surface area contributed by atoms with Crippen LogP contribution >= 0.6 is 11.3 Å². The fourth-order valence-electron chi connectivity index (χ4n) is 1.91. The first-order valence-corrected chi connectivity index (χ1v) is 8.05. The molecule has 0 aromatic carbocycles. The van der Waals surface area contributed by atoms with Crippen LogP contribution in [0.2, 0.25) is 0 Å². The molecule has 20 heavy (non-hydrogen) atoms. The number of nitrogens with one attached hydrogen (secondary N) is 1. The highest BCUT2D eigenvalue weighted by Crippen LogP contribution is 2.27. The largest absolute Gasteiger partial charge is 0.480 e. The van der Waals surface area contributed by atoms with Gasteiger partial charge in [0.2, 0.25) is 0 Å². The molecule has 108 valence electrons. The van der Waals surface area contributed by atoms with Gasteiger partial charge in [-0.2, -0.15) is 9.98 Å². The lowest BCUT2D eigenvalue weighted by Gasteiger charge is -2.33. The van der Waals surface area contributed by atoms with Crippen LogP contribution in [-0.2, 0) is 19.6 Å². The third-order valence-corrected chi connectivity index (χ3v) is 6.06. The van der Waals surface area contributed by atoms with Crippen molar-refractivity contribution in [1.82, 2.24) is 4.72 Å². The standard InChI is InChI=1S/C11H12N2O5S2/c12-7-8-1-2-9(19-8)20(16,17)13-11(10(14)15)3-5-18-6-4-11/h1-2,13H,3-6H2,(H,14,15). The van der Waals surface area contributed by atoms with Crippen LogP contribution in [0.25, 0.3) is 0 Å². The van der Waals surface area contributed by atoms with Gasteiger partial charge in [-0.25, -0.2) is 8.42 Å². The molecular weight excluding hydrogens is 304 g/mol. The van der Waals surface area contributed by atoms with E-state index in [0.717, 1.165) is 11.3 Å². The van der Waals surface area contributed by atoms with E-state index in [-0.39, 0.29) is 35.1 Å². The summed E-state index contributed by atoms with van der Waals surface area (Å²) in [4.78, 5) is 11.7. The van der Waals surface area contributed by atoms with E-state index < -0.39 is 21.5 Å². The quantitative estimate of drug-likeness (QED) is 0.837. The number of rotatable bonds is 4. The number of thiophene rings is 1. The number of sulfonamides is 1. The van der Waals surface area contributed by atoms with Crippen molar-refractivity contribution in [3.05, 3.63) is 17.0 Å². The van der Waals surface area contributed by atoms with Crippen molar-refractivity contribution >= 4 is 27.3 Å². The summed E-state index contributed by atoms with van der Waals surface area (Å²) in [5.74, 6) is -1.22. The third kappa shape index (κ3) is 2.83. The van der Waals surface area contributed by atoms with Gasteiger partial charge in [0.05, 0.1) is 0 Å². The second kappa shape index (κ2) is 5.49. The summed E-state index contributed by atoms with van der Waals surface area (Å²) in [5.41, 5.74) is -1.55. The van der Waals surface area contributed by atoms with Gasteiger partial charge in [-0.1, -0.05) is 0 Å². The molecule has 1 aromatic rings. The average molecular weight is 316 g/mol. The molecule has 0 saturated carbocycles. The normalized spacial score (nSPS) is 18.4. The van der Waals surface area contributed by atoms with Gasteiger partial charge in [-0.3, -0.25) is 4.79 Å². The molecule has 2 heterocycles. The van der Waals surface area contributed by atoms with Crippen LogP contribution in [0.5, 0.6) is 0 Å². The summed E-state index contributed by atoms with van der Waals surface area (Å²) in [6, 6.07) is 4.52. The Morgan fingerprint density at radius 3 is 2.60 bits per heavy atom. The molecule has 7 nitrogen and oxygen atoms in total. The van der Waals surface area contributed by atoms with E-state index in [2.05, 4.69) is 4.72 Å². The van der Waals surface area contributed by atoms with Gasteiger partial charge in [0.25, 0.3) is 10.0 Å². The highest BCUT2D eigenvalue weighted by Gasteiger charge is 2.44. The molecule has 1 aliphatic rings. The Bertz CT molecular complexity index is 653. The second-order valence-corrected chi connectivity index (χ2v) is 7.33. The number of nitriles is 1. The number of nitrogens with zero attached hydrogens (tertiary/aromatic N) is 1. The Balaban J connectivity index is 2.30. The maximum Gasteiger partial charge on any atom is 0.325 e. The van der Waals surface area contributed by atoms with Gasteiger partial charge >= 0.3 is 5.97 Å². The predicted octanol–water partition coefficient (Wildman–Crippen LogP) is 0.532. The summed E-state index contributed by atoms with van der Waals surface area (Å²) < 4.78 is 31.7. The molecule has 1 aromatic heterocycles. The fraction of sp³-hybridized carbons (Fsp3) is 0.455. The van der Waals surface area contributed by atoms with Crippen molar-refractivity contribution in [2.75, 3.05) is 13.2 Å². The Morgan fingerprint density at radius 1 is 1.45 bits per heavy atom. The van der Waals surface area contributed by atoms with E-state index in [1.54, 1.807) is 0 Å². The van der Waals surface area contributed by atoms with E-state index in [1.165, 1.54) is 12.1 Å². The molecule has 0 aliphatic carbocycles. The number of carboxylic acid groups (broad SMARTS) is 1. The predicted molar refractivity (Wildman–Crippen MR) is 69.8 cm³/mol. The van der Waals surface area contributed by atoms with E-state index in [0.29, 0.717) is 0 Å². The Labute approximate surface area is 119 Å². The lowest BCUT2D eigenvalue weighted by atomic mass is 9.92. The molecule has 2 N–H and O–H groups in total. The van der Waals surface area contributed by atoms with Crippen LogP contribution in [-0.4, -0.2) is 38.2 Å². The van der Waals surface area contributed by atoms with Crippen LogP contribution in [0.3, 0.4) is 0 Å². The highest BCUT2D eigenvalue weighted by molar-refractivity contribution is 7.91. The number of hydrogen-bond donors (Lipinski definition) is 2. The van der Waals surface area contributed by atoms with Crippen LogP contribution in [0, 0.1) is 11.3 Å². The first kappa shape index (κ1) is 14.9. The van der Waals surface area contributed by atoms with E-state index >= 15 is 0 Å². The lowest BCUT2D eigenvalue weighted by Crippen LogP contribution is -2.57. The maximum absolute atomic E-state index is 12.2. The minimum atomic E-state index is -3.97. The number of hydrogen-bond acceptors (Lipinski definition) is 6. The Kier molecular flexibility index (Phi) is 4.10. The molecule has 0 radical (unpaired) electrons. The van der Waals surface area contributed by atoms with Gasteiger partial charge < -0.3 is 9.84 Å². The van der Waals surface area contributed by atoms with Gasteiger partial charge in [-0.15, -0.1) is 11.3 Å². The molecule has 0 amide bonds. The van der Waals surface area contributed by atoms with Gasteiger partial charge in [0.15, 0.2) is 0 Å². The van der Waals surface area contributed by atoms with Crippen LogP contribution in [0.15, 0.2) is 16.3 Å². The minimum Gasteiger partial charge on any atom is -0.480 e. The molecule has 0 unspecified atom stereocenters. The second-order valence-electron chi connectivity index (χ2n) is 4.34. The number of carboxylic acids is 1. The Morgan fingerprint density at radius 2 is 2.10 bits per heavy atom. The fourth-order valence-corrected chi connectivity index (χ4v) is 4.43. The molecule has 1 fully saturated rings. The molecule has 0 spiro atoms. The minimum absolute atomic E-state index is 0.0675. The first-order chi connectivity index (χ1) is 9.39. The van der Waals surface area contributed by atoms with Crippen molar-refractivity contribution in [2.24, 2.45) is 0 Å². The summed E-state index contributed by atoms with van der Waals surface area (Å²) in [5, 5.41) is 18.0. The van der Waals surface area contributed by atoms with E-state index in [9.17, 15) is 18.3 Å². The average Bonchev–Trinajstić information content (AvgIpc) is 2.88. The topological polar surface area (TPSA) is 116 Å². The first-order valence-electron chi connectivity index (χ1n) is 5.75. The van der Waals surface area contributed by atoms with Crippen LogP contribution in [0.1, 0.15) is 17.7 Å². The summed E-state index contributed by atoms with van der Waals surface area (Å²) in [7, 11) is -3.97. The number of carbonyl (C=O) groups is 1. The SMILES string of the molecule is N#Cc1ccc(S(=O)(=O)NC2(C(=O)O)CCOCC2)s1. The Hall–Kier alpha value is -1.47. The lowest BCUT2D eigenvalue weighted by molar-refractivity contribution is -0.147. The van der Waals surface area contributed by atoms with Gasteiger partial charge in [-0.05, 0) is 12.1 Å². The zero-order valence-electron chi connectivity index (χ0n) is 10.3. The summed E-state index contributed by atoms with van der Waals surface area (Å²) in [6.07, 6.45) is 0.135. The molecule has 0 bridgehead atoms. The van der Waals surface area contributed by atoms with Crippen molar-refractivity contribution < 1.29 is 23.1 Å². The third-order valence-electron chi connectivity index (χ3n) is 3.04. The van der Waals surface area contributed by atoms with E-state index in [4.69, 9.17) is 10.00 Å². The molecule has 0 atom stereocenters. The number of aliphatic carboxylic acids is 1. The highest BCUT2D eigenvalue weighted by atomic mass is 32.2. The van der Waals surface area contributed by atoms with Gasteiger partial charge in [0, 0.05) is 26.1 Å². The zero-order chi connectivity index (χ0) is 14.8. The van der Waals surface area contributed by atoms with E-state index in [1.807, 2.05) is 6.07 Å². The zero-order valence-corrected chi connectivity index (χ0v) is 12.0. The molecule has 1 aliphatic heterocycles. The summed E-state index contributed by atoms with van der Waals surface area (Å²) in [6.45, 7) is 0.366. The van der Waals surface area contributed by atoms with Crippen molar-refractivity contribution in [2.45, 2.75) is 22.6 Å². The molecule has 9 heteroatoms. The molecular formula is C11H12N2O5S2. The van der Waals surface area contributed by atoms with Gasteiger partial charge in [0.1, 0.15) is 20.7 Å². The molecule has 1 saturated heterocycles. The molecule has 2 rings (SSSR count). The number of ether oxygens (including phenoxy) is 1. The van der Waals surface area contributed by atoms with Crippen LogP contribution in [0.4, 0.5) is 0 Å². The summed E-state index contributed by atoms with van der Waals surface area (Å²) >= 11 is 0.803. The van der Waals surface area contributed by atoms with Crippen LogP contribution < -0.4 is 4.72 Å². The maximum atomic E-state index is 12.2.